The van der Waals surface area contributed by atoms with Crippen LogP contribution in [-0.2, 0) is 10.8 Å². The lowest BCUT2D eigenvalue weighted by Gasteiger charge is -2.09. The first-order valence-electron chi connectivity index (χ1n) is 9.31. The predicted octanol–water partition coefficient (Wildman–Crippen LogP) is 6.44. The van der Waals surface area contributed by atoms with E-state index in [4.69, 9.17) is 4.74 Å². The van der Waals surface area contributed by atoms with E-state index < -0.39 is 10.8 Å². The van der Waals surface area contributed by atoms with E-state index in [9.17, 15) is 4.21 Å². The molecule has 1 heterocycles. The van der Waals surface area contributed by atoms with E-state index in [0.717, 1.165) is 42.0 Å². The molecule has 1 aliphatic rings. The van der Waals surface area contributed by atoms with Gasteiger partial charge in [-0.1, -0.05) is 53.7 Å². The van der Waals surface area contributed by atoms with Gasteiger partial charge in [0.25, 0.3) is 0 Å². The molecule has 4 heteroatoms. The summed E-state index contributed by atoms with van der Waals surface area (Å²) in [7, 11) is -1.18. The molecule has 1 aliphatic heterocycles. The van der Waals surface area contributed by atoms with Crippen molar-refractivity contribution in [1.29, 1.82) is 0 Å². The minimum absolute atomic E-state index is 0.654. The molecule has 0 amide bonds. The lowest BCUT2D eigenvalue weighted by atomic mass is 10.1. The molecule has 0 aliphatic carbocycles. The van der Waals surface area contributed by atoms with Crippen LogP contribution < -0.4 is 4.74 Å². The maximum absolute atomic E-state index is 13.4. The fraction of sp³-hybridized carbons (Fsp3) is 0.167. The second-order valence-electron chi connectivity index (χ2n) is 6.80. The van der Waals surface area contributed by atoms with E-state index >= 15 is 0 Å². The Labute approximate surface area is 173 Å². The molecular weight excluding hydrogens is 384 g/mol. The van der Waals surface area contributed by atoms with Crippen LogP contribution in [0.25, 0.3) is 9.81 Å². The highest BCUT2D eigenvalue weighted by molar-refractivity contribution is 8.11. The summed E-state index contributed by atoms with van der Waals surface area (Å²) in [5, 5.41) is 0. The Balaban J connectivity index is 1.80. The van der Waals surface area contributed by atoms with E-state index in [1.807, 2.05) is 32.0 Å². The zero-order chi connectivity index (χ0) is 19.7. The van der Waals surface area contributed by atoms with Crippen molar-refractivity contribution in [1.82, 2.24) is 0 Å². The first kappa shape index (κ1) is 19.0. The van der Waals surface area contributed by atoms with Gasteiger partial charge in [-0.15, -0.1) is 0 Å². The molecule has 0 radical (unpaired) electrons. The smallest absolute Gasteiger partial charge is 0.119 e. The summed E-state index contributed by atoms with van der Waals surface area (Å²) in [6, 6.07) is 22.6. The van der Waals surface area contributed by atoms with E-state index in [2.05, 4.69) is 55.5 Å². The molecule has 0 saturated heterocycles. The van der Waals surface area contributed by atoms with Gasteiger partial charge in [0, 0.05) is 15.4 Å². The average molecular weight is 407 g/mol. The summed E-state index contributed by atoms with van der Waals surface area (Å²) in [5.74, 6) is 0.866. The average Bonchev–Trinajstić information content (AvgIpc) is 2.96. The third-order valence-electron chi connectivity index (χ3n) is 4.64. The third-order valence-corrected chi connectivity index (χ3v) is 7.45. The zero-order valence-corrected chi connectivity index (χ0v) is 17.8. The van der Waals surface area contributed by atoms with Crippen LogP contribution in [0, 0.1) is 13.8 Å². The van der Waals surface area contributed by atoms with Gasteiger partial charge in [0.05, 0.1) is 27.2 Å². The first-order valence-corrected chi connectivity index (χ1v) is 11.3. The Morgan fingerprint density at radius 2 is 1.57 bits per heavy atom. The van der Waals surface area contributed by atoms with Crippen LogP contribution >= 0.6 is 11.8 Å². The van der Waals surface area contributed by atoms with Gasteiger partial charge < -0.3 is 4.74 Å². The first-order chi connectivity index (χ1) is 13.6. The number of aryl methyl sites for hydroxylation is 2. The third kappa shape index (κ3) is 3.67. The Morgan fingerprint density at radius 1 is 0.893 bits per heavy atom. The largest absolute Gasteiger partial charge is 0.494 e. The van der Waals surface area contributed by atoms with E-state index in [0.29, 0.717) is 6.61 Å². The molecule has 3 aromatic rings. The lowest BCUT2D eigenvalue weighted by Crippen LogP contribution is -1.92. The number of rotatable bonds is 5. The summed E-state index contributed by atoms with van der Waals surface area (Å²) in [6.45, 7) is 6.74. The second kappa shape index (κ2) is 7.98. The van der Waals surface area contributed by atoms with Crippen LogP contribution in [0.1, 0.15) is 29.2 Å². The van der Waals surface area contributed by atoms with Crippen LogP contribution in [0.3, 0.4) is 0 Å². The van der Waals surface area contributed by atoms with Gasteiger partial charge in [-0.3, -0.25) is 0 Å². The van der Waals surface area contributed by atoms with E-state index in [1.165, 1.54) is 5.56 Å². The van der Waals surface area contributed by atoms with Gasteiger partial charge in [-0.2, -0.15) is 0 Å². The molecule has 0 bridgehead atoms. The standard InChI is InChI=1S/C24H22O2S2/c1-4-26-19-10-12-20(13-11-19)27-23-21-14-7-17(3)15-22(21)28(25)24(23)18-8-5-16(2)6-9-18/h5-15H,4H2,1-3H3. The monoisotopic (exact) mass is 406 g/mol. The Hall–Kier alpha value is -2.30. The summed E-state index contributed by atoms with van der Waals surface area (Å²) in [4.78, 5) is 3.98. The van der Waals surface area contributed by atoms with Gasteiger partial charge in [0.2, 0.25) is 0 Å². The van der Waals surface area contributed by atoms with Crippen molar-refractivity contribution in [2.24, 2.45) is 0 Å². The molecule has 1 atom stereocenters. The van der Waals surface area contributed by atoms with Gasteiger partial charge in [0.1, 0.15) is 5.75 Å². The topological polar surface area (TPSA) is 26.3 Å². The van der Waals surface area contributed by atoms with Gasteiger partial charge in [-0.05, 0) is 62.2 Å². The normalized spacial score (nSPS) is 15.6. The summed E-state index contributed by atoms with van der Waals surface area (Å²) in [6.07, 6.45) is 0. The minimum Gasteiger partial charge on any atom is -0.494 e. The lowest BCUT2D eigenvalue weighted by molar-refractivity contribution is 0.340. The Morgan fingerprint density at radius 3 is 2.25 bits per heavy atom. The summed E-state index contributed by atoms with van der Waals surface area (Å²) in [5.41, 5.74) is 4.41. The maximum atomic E-state index is 13.4. The Bertz CT molecular complexity index is 1060. The zero-order valence-electron chi connectivity index (χ0n) is 16.2. The van der Waals surface area contributed by atoms with E-state index in [-0.39, 0.29) is 0 Å². The van der Waals surface area contributed by atoms with Crippen LogP contribution in [0.2, 0.25) is 0 Å². The molecule has 0 spiro atoms. The van der Waals surface area contributed by atoms with Crippen molar-refractivity contribution < 1.29 is 8.95 Å². The van der Waals surface area contributed by atoms with Crippen molar-refractivity contribution in [3.63, 3.8) is 0 Å². The molecule has 0 saturated carbocycles. The predicted molar refractivity (Wildman–Crippen MR) is 119 cm³/mol. The molecule has 0 fully saturated rings. The van der Waals surface area contributed by atoms with Crippen LogP contribution in [-0.4, -0.2) is 10.8 Å². The maximum Gasteiger partial charge on any atom is 0.119 e. The van der Waals surface area contributed by atoms with Crippen LogP contribution in [0.15, 0.2) is 76.5 Å². The highest BCUT2D eigenvalue weighted by atomic mass is 32.2. The van der Waals surface area contributed by atoms with Gasteiger partial charge in [0.15, 0.2) is 0 Å². The van der Waals surface area contributed by atoms with Crippen molar-refractivity contribution in [3.8, 4) is 5.75 Å². The molecular formula is C24H22O2S2. The van der Waals surface area contributed by atoms with Gasteiger partial charge >= 0.3 is 0 Å². The molecule has 0 N–H and O–H groups in total. The molecule has 0 aromatic heterocycles. The number of fused-ring (bicyclic) bond motifs is 1. The van der Waals surface area contributed by atoms with Crippen LogP contribution in [0.4, 0.5) is 0 Å². The molecule has 1 unspecified atom stereocenters. The molecule has 2 nitrogen and oxygen atoms in total. The summed E-state index contributed by atoms with van der Waals surface area (Å²) >= 11 is 1.67. The number of hydrogen-bond donors (Lipinski definition) is 0. The number of thioether (sulfide) groups is 1. The van der Waals surface area contributed by atoms with E-state index in [1.54, 1.807) is 11.8 Å². The fourth-order valence-corrected chi connectivity index (χ4v) is 6.15. The minimum atomic E-state index is -1.18. The van der Waals surface area contributed by atoms with Crippen molar-refractivity contribution in [3.05, 3.63) is 89.0 Å². The SMILES string of the molecule is CCOc1ccc(SC2=C(c3ccc(C)cc3)S(=O)c3cc(C)ccc32)cc1. The quantitative estimate of drug-likeness (QED) is 0.487. The second-order valence-corrected chi connectivity index (χ2v) is 9.27. The van der Waals surface area contributed by atoms with Gasteiger partial charge in [-0.25, -0.2) is 4.21 Å². The highest BCUT2D eigenvalue weighted by Gasteiger charge is 2.30. The molecule has 3 aromatic carbocycles. The Kier molecular flexibility index (Phi) is 5.42. The van der Waals surface area contributed by atoms with Crippen molar-refractivity contribution in [2.45, 2.75) is 30.6 Å². The number of ether oxygens (including phenoxy) is 1. The summed E-state index contributed by atoms with van der Waals surface area (Å²) < 4.78 is 18.9. The van der Waals surface area contributed by atoms with Crippen LogP contribution in [0.5, 0.6) is 5.75 Å². The fourth-order valence-electron chi connectivity index (χ4n) is 3.22. The van der Waals surface area contributed by atoms with Crippen molar-refractivity contribution >= 4 is 32.4 Å². The number of benzene rings is 3. The molecule has 4 rings (SSSR count). The van der Waals surface area contributed by atoms with Crippen molar-refractivity contribution in [2.75, 3.05) is 6.61 Å². The molecule has 142 valence electrons. The highest BCUT2D eigenvalue weighted by Crippen LogP contribution is 2.49. The molecule has 28 heavy (non-hydrogen) atoms. The number of hydrogen-bond acceptors (Lipinski definition) is 3.